The molecule has 0 heterocycles. The van der Waals surface area contributed by atoms with Gasteiger partial charge in [0.15, 0.2) is 0 Å². The molecule has 0 aliphatic heterocycles. The van der Waals surface area contributed by atoms with Gasteiger partial charge in [0.05, 0.1) is 12.5 Å². The lowest BCUT2D eigenvalue weighted by Crippen LogP contribution is -2.29. The fourth-order valence-electron chi connectivity index (χ4n) is 2.42. The minimum absolute atomic E-state index is 0.0723. The van der Waals surface area contributed by atoms with E-state index >= 15 is 0 Å². The highest BCUT2D eigenvalue weighted by Gasteiger charge is 2.11. The Bertz CT molecular complexity index is 620. The number of rotatable bonds is 6. The topological polar surface area (TPSA) is 49.3 Å². The third-order valence-corrected chi connectivity index (χ3v) is 3.84. The van der Waals surface area contributed by atoms with Crippen molar-refractivity contribution in [3.63, 3.8) is 0 Å². The van der Waals surface area contributed by atoms with Crippen molar-refractivity contribution < 1.29 is 9.90 Å². The second-order valence-corrected chi connectivity index (χ2v) is 5.52. The lowest BCUT2D eigenvalue weighted by atomic mass is 10.0. The van der Waals surface area contributed by atoms with Crippen molar-refractivity contribution in [1.29, 1.82) is 0 Å². The van der Waals surface area contributed by atoms with Crippen LogP contribution in [0, 0.1) is 6.92 Å². The molecule has 0 aromatic heterocycles. The smallest absolute Gasteiger partial charge is 0.224 e. The van der Waals surface area contributed by atoms with E-state index in [1.165, 1.54) is 5.56 Å². The first-order valence-corrected chi connectivity index (χ1v) is 7.68. The van der Waals surface area contributed by atoms with Gasteiger partial charge in [-0.25, -0.2) is 0 Å². The van der Waals surface area contributed by atoms with Gasteiger partial charge in [-0.2, -0.15) is 0 Å². The molecule has 3 nitrogen and oxygen atoms in total. The molecule has 22 heavy (non-hydrogen) atoms. The zero-order chi connectivity index (χ0) is 15.9. The first-order valence-electron chi connectivity index (χ1n) is 7.68. The summed E-state index contributed by atoms with van der Waals surface area (Å²) < 4.78 is 0. The van der Waals surface area contributed by atoms with E-state index in [0.29, 0.717) is 6.42 Å². The number of hydrogen-bond donors (Lipinski definition) is 2. The van der Waals surface area contributed by atoms with Crippen LogP contribution in [-0.4, -0.2) is 17.6 Å². The first-order chi connectivity index (χ1) is 10.6. The number of hydrogen-bond acceptors (Lipinski definition) is 2. The second-order valence-electron chi connectivity index (χ2n) is 5.52. The van der Waals surface area contributed by atoms with E-state index in [9.17, 15) is 9.90 Å². The zero-order valence-electron chi connectivity index (χ0n) is 13.2. The highest BCUT2D eigenvalue weighted by Crippen LogP contribution is 2.16. The molecule has 0 saturated heterocycles. The van der Waals surface area contributed by atoms with Gasteiger partial charge in [0, 0.05) is 6.54 Å². The van der Waals surface area contributed by atoms with E-state index in [2.05, 4.69) is 12.2 Å². The van der Waals surface area contributed by atoms with Crippen LogP contribution in [0.1, 0.15) is 35.3 Å². The Kier molecular flexibility index (Phi) is 5.73. The van der Waals surface area contributed by atoms with Crippen molar-refractivity contribution in [3.8, 4) is 0 Å². The molecule has 0 spiro atoms. The molecule has 0 fully saturated rings. The maximum absolute atomic E-state index is 12.0. The van der Waals surface area contributed by atoms with Crippen LogP contribution in [0.3, 0.4) is 0 Å². The Morgan fingerprint density at radius 1 is 1.09 bits per heavy atom. The zero-order valence-corrected chi connectivity index (χ0v) is 13.2. The van der Waals surface area contributed by atoms with Gasteiger partial charge in [-0.15, -0.1) is 0 Å². The van der Waals surface area contributed by atoms with Gasteiger partial charge >= 0.3 is 0 Å². The van der Waals surface area contributed by atoms with E-state index in [-0.39, 0.29) is 12.5 Å². The van der Waals surface area contributed by atoms with Gasteiger partial charge < -0.3 is 10.4 Å². The molecule has 0 aliphatic carbocycles. The number of carbonyl (C=O) groups is 1. The van der Waals surface area contributed by atoms with Gasteiger partial charge in [0.2, 0.25) is 5.91 Å². The Balaban J connectivity index is 1.85. The van der Waals surface area contributed by atoms with Crippen molar-refractivity contribution in [1.82, 2.24) is 5.32 Å². The number of nitrogens with one attached hydrogen (secondary N) is 1. The van der Waals surface area contributed by atoms with Crippen LogP contribution in [0.2, 0.25) is 0 Å². The molecule has 0 aliphatic rings. The van der Waals surface area contributed by atoms with Crippen molar-refractivity contribution in [2.24, 2.45) is 0 Å². The SMILES string of the molecule is CCc1ccc(CC(=O)NCC(O)c2ccccc2C)cc1. The molecule has 2 aromatic carbocycles. The first kappa shape index (κ1) is 16.2. The molecular formula is C19H23NO2. The Labute approximate surface area is 132 Å². The van der Waals surface area contributed by atoms with Gasteiger partial charge in [-0.05, 0) is 35.6 Å². The van der Waals surface area contributed by atoms with Crippen molar-refractivity contribution in [2.45, 2.75) is 32.8 Å². The van der Waals surface area contributed by atoms with Gasteiger partial charge in [0.25, 0.3) is 0 Å². The second kappa shape index (κ2) is 7.76. The molecular weight excluding hydrogens is 274 g/mol. The average Bonchev–Trinajstić information content (AvgIpc) is 2.54. The van der Waals surface area contributed by atoms with E-state index in [4.69, 9.17) is 0 Å². The summed E-state index contributed by atoms with van der Waals surface area (Å²) in [5.74, 6) is -0.0723. The molecule has 2 N–H and O–H groups in total. The number of carbonyl (C=O) groups excluding carboxylic acids is 1. The number of benzene rings is 2. The third kappa shape index (κ3) is 4.43. The van der Waals surface area contributed by atoms with Gasteiger partial charge in [-0.1, -0.05) is 55.5 Å². The number of amides is 1. The standard InChI is InChI=1S/C19H23NO2/c1-3-15-8-10-16(11-9-15)12-19(22)20-13-18(21)17-7-5-4-6-14(17)2/h4-11,18,21H,3,12-13H2,1-2H3,(H,20,22). The Morgan fingerprint density at radius 3 is 2.36 bits per heavy atom. The summed E-state index contributed by atoms with van der Waals surface area (Å²) in [6.07, 6.45) is 0.659. The van der Waals surface area contributed by atoms with Crippen LogP contribution < -0.4 is 5.32 Å². The molecule has 1 amide bonds. The van der Waals surface area contributed by atoms with Crippen LogP contribution >= 0.6 is 0 Å². The Morgan fingerprint density at radius 2 is 1.73 bits per heavy atom. The van der Waals surface area contributed by atoms with Crippen molar-refractivity contribution in [2.75, 3.05) is 6.54 Å². The summed E-state index contributed by atoms with van der Waals surface area (Å²) in [4.78, 5) is 12.0. The summed E-state index contributed by atoms with van der Waals surface area (Å²) >= 11 is 0. The Hall–Kier alpha value is -2.13. The predicted molar refractivity (Wildman–Crippen MR) is 88.7 cm³/mol. The van der Waals surface area contributed by atoms with E-state index in [1.807, 2.05) is 55.5 Å². The number of aliphatic hydroxyl groups excluding tert-OH is 1. The molecule has 2 rings (SSSR count). The predicted octanol–water partition coefficient (Wildman–Crippen LogP) is 2.95. The van der Waals surface area contributed by atoms with E-state index < -0.39 is 6.10 Å². The van der Waals surface area contributed by atoms with E-state index in [1.54, 1.807) is 0 Å². The lowest BCUT2D eigenvalue weighted by Gasteiger charge is -2.14. The minimum Gasteiger partial charge on any atom is -0.387 e. The third-order valence-electron chi connectivity index (χ3n) is 3.84. The lowest BCUT2D eigenvalue weighted by molar-refractivity contribution is -0.120. The summed E-state index contributed by atoms with van der Waals surface area (Å²) in [6, 6.07) is 15.7. The van der Waals surface area contributed by atoms with Crippen LogP contribution in [0.25, 0.3) is 0 Å². The largest absolute Gasteiger partial charge is 0.387 e. The highest BCUT2D eigenvalue weighted by molar-refractivity contribution is 5.78. The van der Waals surface area contributed by atoms with Crippen molar-refractivity contribution in [3.05, 3.63) is 70.8 Å². The summed E-state index contributed by atoms with van der Waals surface area (Å²) in [5, 5.41) is 13.0. The summed E-state index contributed by atoms with van der Waals surface area (Å²) in [5.41, 5.74) is 4.13. The number of aryl methyl sites for hydroxylation is 2. The van der Waals surface area contributed by atoms with Crippen LogP contribution in [0.5, 0.6) is 0 Å². The molecule has 1 unspecified atom stereocenters. The molecule has 1 atom stereocenters. The van der Waals surface area contributed by atoms with Gasteiger partial charge in [-0.3, -0.25) is 4.79 Å². The molecule has 0 radical (unpaired) electrons. The van der Waals surface area contributed by atoms with E-state index in [0.717, 1.165) is 23.1 Å². The molecule has 116 valence electrons. The average molecular weight is 297 g/mol. The van der Waals surface area contributed by atoms with Crippen LogP contribution in [0.15, 0.2) is 48.5 Å². The quantitative estimate of drug-likeness (QED) is 0.861. The maximum atomic E-state index is 12.0. The van der Waals surface area contributed by atoms with Gasteiger partial charge in [0.1, 0.15) is 0 Å². The van der Waals surface area contributed by atoms with Crippen LogP contribution in [0.4, 0.5) is 0 Å². The normalized spacial score (nSPS) is 12.0. The molecule has 0 bridgehead atoms. The minimum atomic E-state index is -0.674. The van der Waals surface area contributed by atoms with Crippen LogP contribution in [-0.2, 0) is 17.6 Å². The fourth-order valence-corrected chi connectivity index (χ4v) is 2.42. The highest BCUT2D eigenvalue weighted by atomic mass is 16.3. The summed E-state index contributed by atoms with van der Waals surface area (Å²) in [6.45, 7) is 4.29. The number of aliphatic hydroxyl groups is 1. The fraction of sp³-hybridized carbons (Fsp3) is 0.316. The molecule has 0 saturated carbocycles. The molecule has 2 aromatic rings. The van der Waals surface area contributed by atoms with Crippen molar-refractivity contribution >= 4 is 5.91 Å². The molecule has 3 heteroatoms. The monoisotopic (exact) mass is 297 g/mol. The summed E-state index contributed by atoms with van der Waals surface area (Å²) in [7, 11) is 0. The maximum Gasteiger partial charge on any atom is 0.224 e.